The molecule has 0 aliphatic rings. The summed E-state index contributed by atoms with van der Waals surface area (Å²) in [5.41, 5.74) is 0. The third-order valence-corrected chi connectivity index (χ3v) is 3.34. The Balaban J connectivity index is 3.15. The molecule has 0 amide bonds. The quantitative estimate of drug-likeness (QED) is 0.308. The highest BCUT2D eigenvalue weighted by Gasteiger charge is 1.98. The van der Waals surface area contributed by atoms with Gasteiger partial charge in [0.05, 0.1) is 7.11 Å². The van der Waals surface area contributed by atoms with Gasteiger partial charge in [-0.15, -0.1) is 23.7 Å². The van der Waals surface area contributed by atoms with Crippen LogP contribution in [-0.2, 0) is 9.53 Å². The van der Waals surface area contributed by atoms with E-state index in [1.807, 2.05) is 6.92 Å². The summed E-state index contributed by atoms with van der Waals surface area (Å²) >= 11 is 0. The van der Waals surface area contributed by atoms with Crippen molar-refractivity contribution in [2.45, 2.75) is 84.0 Å². The van der Waals surface area contributed by atoms with Crippen LogP contribution in [0.2, 0.25) is 0 Å². The molecule has 0 spiro atoms. The van der Waals surface area contributed by atoms with Gasteiger partial charge >= 0.3 is 5.97 Å². The summed E-state index contributed by atoms with van der Waals surface area (Å²) in [5.74, 6) is 12.2. The number of rotatable bonds is 11. The lowest BCUT2D eigenvalue weighted by atomic mass is 10.1. The Labute approximate surface area is 131 Å². The van der Waals surface area contributed by atoms with Gasteiger partial charge in [0.15, 0.2) is 0 Å². The van der Waals surface area contributed by atoms with E-state index in [4.69, 9.17) is 0 Å². The Morgan fingerprint density at radius 2 is 1.29 bits per heavy atom. The molecule has 21 heavy (non-hydrogen) atoms. The molecule has 0 aromatic heterocycles. The van der Waals surface area contributed by atoms with E-state index in [2.05, 4.69) is 28.4 Å². The van der Waals surface area contributed by atoms with Gasteiger partial charge < -0.3 is 4.74 Å². The molecule has 0 fully saturated rings. The minimum atomic E-state index is -0.0853. The predicted molar refractivity (Wildman–Crippen MR) is 88.6 cm³/mol. The monoisotopic (exact) mass is 290 g/mol. The zero-order valence-electron chi connectivity index (χ0n) is 13.8. The molecular weight excluding hydrogens is 260 g/mol. The van der Waals surface area contributed by atoms with Crippen molar-refractivity contribution in [3.63, 3.8) is 0 Å². The summed E-state index contributed by atoms with van der Waals surface area (Å²) in [6, 6.07) is 0. The molecule has 0 heterocycles. The SMILES string of the molecule is CC#CCCC#CCCCCCCCCCCC(=O)OC. The van der Waals surface area contributed by atoms with Crippen LogP contribution < -0.4 is 0 Å². The molecule has 0 radical (unpaired) electrons. The summed E-state index contributed by atoms with van der Waals surface area (Å²) in [6.45, 7) is 1.87. The molecule has 0 aliphatic carbocycles. The van der Waals surface area contributed by atoms with Crippen LogP contribution in [0.1, 0.15) is 84.0 Å². The maximum absolute atomic E-state index is 10.9. The molecule has 2 heteroatoms. The first-order valence-electron chi connectivity index (χ1n) is 8.23. The summed E-state index contributed by atoms with van der Waals surface area (Å²) in [7, 11) is 1.45. The fourth-order valence-electron chi connectivity index (χ4n) is 2.07. The Hall–Kier alpha value is -1.41. The van der Waals surface area contributed by atoms with E-state index in [-0.39, 0.29) is 5.97 Å². The Morgan fingerprint density at radius 1 is 0.762 bits per heavy atom. The lowest BCUT2D eigenvalue weighted by Gasteiger charge is -2.01. The van der Waals surface area contributed by atoms with Crippen LogP contribution in [0.25, 0.3) is 0 Å². The van der Waals surface area contributed by atoms with Gasteiger partial charge in [0.2, 0.25) is 0 Å². The van der Waals surface area contributed by atoms with Crippen LogP contribution in [0.15, 0.2) is 0 Å². The molecule has 0 N–H and O–H groups in total. The molecule has 118 valence electrons. The van der Waals surface area contributed by atoms with E-state index in [1.165, 1.54) is 45.6 Å². The number of carbonyl (C=O) groups excluding carboxylic acids is 1. The van der Waals surface area contributed by atoms with E-state index in [9.17, 15) is 4.79 Å². The average molecular weight is 290 g/mol. The zero-order valence-corrected chi connectivity index (χ0v) is 13.8. The summed E-state index contributed by atoms with van der Waals surface area (Å²) in [6.07, 6.45) is 13.1. The van der Waals surface area contributed by atoms with E-state index in [0.717, 1.165) is 32.1 Å². The van der Waals surface area contributed by atoms with Crippen LogP contribution in [0.4, 0.5) is 0 Å². The van der Waals surface area contributed by atoms with Crippen LogP contribution in [0.3, 0.4) is 0 Å². The molecule has 0 aliphatic heterocycles. The van der Waals surface area contributed by atoms with Crippen LogP contribution in [-0.4, -0.2) is 13.1 Å². The van der Waals surface area contributed by atoms with Gasteiger partial charge in [0.25, 0.3) is 0 Å². The van der Waals surface area contributed by atoms with Crippen molar-refractivity contribution in [1.29, 1.82) is 0 Å². The lowest BCUT2D eigenvalue weighted by Crippen LogP contribution is -1.99. The first kappa shape index (κ1) is 19.6. The number of ether oxygens (including phenoxy) is 1. The zero-order chi connectivity index (χ0) is 15.6. The molecule has 0 unspecified atom stereocenters. The topological polar surface area (TPSA) is 26.3 Å². The van der Waals surface area contributed by atoms with Crippen molar-refractivity contribution in [1.82, 2.24) is 0 Å². The van der Waals surface area contributed by atoms with E-state index in [1.54, 1.807) is 0 Å². The van der Waals surface area contributed by atoms with Gasteiger partial charge in [-0.3, -0.25) is 4.79 Å². The first-order valence-corrected chi connectivity index (χ1v) is 8.23. The van der Waals surface area contributed by atoms with Crippen molar-refractivity contribution in [3.05, 3.63) is 0 Å². The van der Waals surface area contributed by atoms with Gasteiger partial charge in [-0.05, 0) is 19.8 Å². The van der Waals surface area contributed by atoms with Gasteiger partial charge in [-0.25, -0.2) is 0 Å². The molecular formula is C19H30O2. The van der Waals surface area contributed by atoms with Gasteiger partial charge in [-0.1, -0.05) is 38.5 Å². The summed E-state index contributed by atoms with van der Waals surface area (Å²) < 4.78 is 4.61. The van der Waals surface area contributed by atoms with Crippen LogP contribution in [0, 0.1) is 23.7 Å². The molecule has 0 saturated carbocycles. The standard InChI is InChI=1S/C19H30O2/c1-3-4-5-6-7-8-9-10-11-12-13-14-15-16-17-18-19(20)21-2/h5-6,9-18H2,1-2H3. The van der Waals surface area contributed by atoms with Crippen molar-refractivity contribution in [2.24, 2.45) is 0 Å². The molecule has 2 nitrogen and oxygen atoms in total. The highest BCUT2D eigenvalue weighted by Crippen LogP contribution is 2.10. The molecule has 0 aromatic rings. The highest BCUT2D eigenvalue weighted by molar-refractivity contribution is 5.68. The van der Waals surface area contributed by atoms with E-state index >= 15 is 0 Å². The second-order valence-electron chi connectivity index (χ2n) is 5.18. The molecule has 0 saturated heterocycles. The second-order valence-corrected chi connectivity index (χ2v) is 5.18. The lowest BCUT2D eigenvalue weighted by molar-refractivity contribution is -0.140. The van der Waals surface area contributed by atoms with Crippen molar-refractivity contribution >= 4 is 5.97 Å². The minimum Gasteiger partial charge on any atom is -0.469 e. The van der Waals surface area contributed by atoms with E-state index in [0.29, 0.717) is 6.42 Å². The van der Waals surface area contributed by atoms with E-state index < -0.39 is 0 Å². The number of carbonyl (C=O) groups is 1. The Kier molecular flexibility index (Phi) is 15.5. The maximum atomic E-state index is 10.9. The summed E-state index contributed by atoms with van der Waals surface area (Å²) in [4.78, 5) is 10.9. The smallest absolute Gasteiger partial charge is 0.305 e. The van der Waals surface area contributed by atoms with Gasteiger partial charge in [-0.2, -0.15) is 0 Å². The number of hydrogen-bond donors (Lipinski definition) is 0. The fourth-order valence-corrected chi connectivity index (χ4v) is 2.07. The number of unbranched alkanes of at least 4 members (excludes halogenated alkanes) is 9. The van der Waals surface area contributed by atoms with Gasteiger partial charge in [0.1, 0.15) is 0 Å². The number of esters is 1. The van der Waals surface area contributed by atoms with Gasteiger partial charge in [0, 0.05) is 25.7 Å². The Bertz CT molecular complexity index is 362. The van der Waals surface area contributed by atoms with Crippen LogP contribution in [0.5, 0.6) is 0 Å². The average Bonchev–Trinajstić information content (AvgIpc) is 2.50. The molecule has 0 aromatic carbocycles. The number of methoxy groups -OCH3 is 1. The highest BCUT2D eigenvalue weighted by atomic mass is 16.5. The molecule has 0 bridgehead atoms. The largest absolute Gasteiger partial charge is 0.469 e. The minimum absolute atomic E-state index is 0.0853. The second kappa shape index (κ2) is 16.6. The van der Waals surface area contributed by atoms with Crippen molar-refractivity contribution in [2.75, 3.05) is 7.11 Å². The Morgan fingerprint density at radius 3 is 1.90 bits per heavy atom. The summed E-state index contributed by atoms with van der Waals surface area (Å²) in [5, 5.41) is 0. The third-order valence-electron chi connectivity index (χ3n) is 3.34. The maximum Gasteiger partial charge on any atom is 0.305 e. The number of hydrogen-bond acceptors (Lipinski definition) is 2. The van der Waals surface area contributed by atoms with Crippen molar-refractivity contribution in [3.8, 4) is 23.7 Å². The molecule has 0 rings (SSSR count). The predicted octanol–water partition coefficient (Wildman–Crippen LogP) is 4.87. The fraction of sp³-hybridized carbons (Fsp3) is 0.737. The van der Waals surface area contributed by atoms with Crippen molar-refractivity contribution < 1.29 is 9.53 Å². The molecule has 0 atom stereocenters. The first-order chi connectivity index (χ1) is 10.3. The normalized spacial score (nSPS) is 9.24. The van der Waals surface area contributed by atoms with Crippen LogP contribution >= 0.6 is 0 Å². The third kappa shape index (κ3) is 16.5.